The third kappa shape index (κ3) is 3.94. The van der Waals surface area contributed by atoms with Crippen LogP contribution in [0.5, 0.6) is 11.5 Å². The Morgan fingerprint density at radius 3 is 1.94 bits per heavy atom. The van der Waals surface area contributed by atoms with E-state index in [4.69, 9.17) is 10.2 Å². The number of hydrogen-bond donors (Lipinski definition) is 2. The predicted molar refractivity (Wildman–Crippen MR) is 71.1 cm³/mol. The van der Waals surface area contributed by atoms with Gasteiger partial charge in [0.15, 0.2) is 6.29 Å². The van der Waals surface area contributed by atoms with Crippen LogP contribution in [0.25, 0.3) is 0 Å². The lowest BCUT2D eigenvalue weighted by Gasteiger charge is -1.98. The second kappa shape index (κ2) is 6.45. The Labute approximate surface area is 106 Å². The molecule has 2 N–H and O–H groups in total. The number of phenolic OH excluding ortho intramolecular Hbond substituents is 2. The van der Waals surface area contributed by atoms with Crippen LogP contribution in [-0.2, 0) is 0 Å². The second-order valence-electron chi connectivity index (χ2n) is 3.96. The summed E-state index contributed by atoms with van der Waals surface area (Å²) >= 11 is 0. The summed E-state index contributed by atoms with van der Waals surface area (Å²) in [5.74, 6) is 0.380. The van der Waals surface area contributed by atoms with Gasteiger partial charge in [-0.3, -0.25) is 4.79 Å². The fourth-order valence-corrected chi connectivity index (χ4v) is 1.36. The molecule has 2 aromatic rings. The van der Waals surface area contributed by atoms with E-state index in [9.17, 15) is 4.79 Å². The zero-order valence-corrected chi connectivity index (χ0v) is 10.4. The Hall–Kier alpha value is -2.29. The molecule has 0 aliphatic rings. The van der Waals surface area contributed by atoms with Gasteiger partial charge in [-0.25, -0.2) is 0 Å². The lowest BCUT2D eigenvalue weighted by Crippen LogP contribution is -1.84. The Balaban J connectivity index is 0.000000184. The first kappa shape index (κ1) is 13.8. The van der Waals surface area contributed by atoms with Crippen LogP contribution in [0.15, 0.2) is 42.5 Å². The van der Waals surface area contributed by atoms with Crippen molar-refractivity contribution in [3.63, 3.8) is 0 Å². The van der Waals surface area contributed by atoms with Crippen molar-refractivity contribution < 1.29 is 15.0 Å². The van der Waals surface area contributed by atoms with Gasteiger partial charge in [-0.15, -0.1) is 0 Å². The highest BCUT2D eigenvalue weighted by Gasteiger charge is 2.00. The Morgan fingerprint density at radius 2 is 1.56 bits per heavy atom. The molecule has 2 rings (SSSR count). The van der Waals surface area contributed by atoms with E-state index in [0.717, 1.165) is 5.56 Å². The van der Waals surface area contributed by atoms with Crippen molar-refractivity contribution in [3.8, 4) is 11.5 Å². The quantitative estimate of drug-likeness (QED) is 0.757. The van der Waals surface area contributed by atoms with Crippen LogP contribution in [0, 0.1) is 13.8 Å². The molecule has 94 valence electrons. The van der Waals surface area contributed by atoms with Crippen molar-refractivity contribution in [1.82, 2.24) is 0 Å². The van der Waals surface area contributed by atoms with Gasteiger partial charge < -0.3 is 10.2 Å². The fraction of sp³-hybridized carbons (Fsp3) is 0.133. The Kier molecular flexibility index (Phi) is 4.93. The van der Waals surface area contributed by atoms with E-state index in [-0.39, 0.29) is 5.75 Å². The van der Waals surface area contributed by atoms with Gasteiger partial charge in [0.2, 0.25) is 0 Å². The standard InChI is InChI=1S/C8H8O2.C7H8O/c1-6-3-2-4-8(10)7(6)5-9;1-6-2-4-7(8)5-3-6/h2-5,10H,1H3;2-5,8H,1H3. The van der Waals surface area contributed by atoms with Crippen LogP contribution >= 0.6 is 0 Å². The monoisotopic (exact) mass is 244 g/mol. The minimum atomic E-state index is 0.0509. The number of carbonyl (C=O) groups excluding carboxylic acids is 1. The van der Waals surface area contributed by atoms with Gasteiger partial charge in [-0.05, 0) is 37.6 Å². The van der Waals surface area contributed by atoms with Crippen molar-refractivity contribution in [2.45, 2.75) is 13.8 Å². The zero-order chi connectivity index (χ0) is 13.5. The molecule has 0 fully saturated rings. The summed E-state index contributed by atoms with van der Waals surface area (Å²) in [6, 6.07) is 12.1. The van der Waals surface area contributed by atoms with Crippen LogP contribution in [0.2, 0.25) is 0 Å². The molecule has 0 aliphatic carbocycles. The van der Waals surface area contributed by atoms with Crippen molar-refractivity contribution in [2.75, 3.05) is 0 Å². The van der Waals surface area contributed by atoms with Crippen molar-refractivity contribution >= 4 is 6.29 Å². The van der Waals surface area contributed by atoms with Gasteiger partial charge in [-0.1, -0.05) is 29.8 Å². The smallest absolute Gasteiger partial charge is 0.154 e. The third-order valence-electron chi connectivity index (χ3n) is 2.45. The molecule has 0 bridgehead atoms. The minimum Gasteiger partial charge on any atom is -0.508 e. The highest BCUT2D eigenvalue weighted by atomic mass is 16.3. The molecule has 0 atom stereocenters. The molecule has 0 saturated carbocycles. The summed E-state index contributed by atoms with van der Waals surface area (Å²) < 4.78 is 0. The van der Waals surface area contributed by atoms with Crippen LogP contribution in [-0.4, -0.2) is 16.5 Å². The number of carbonyl (C=O) groups is 1. The first-order chi connectivity index (χ1) is 8.54. The molecule has 0 heterocycles. The molecule has 0 aliphatic heterocycles. The molecular formula is C15H16O3. The fourth-order valence-electron chi connectivity index (χ4n) is 1.36. The molecular weight excluding hydrogens is 228 g/mol. The van der Waals surface area contributed by atoms with Crippen LogP contribution in [0.3, 0.4) is 0 Å². The number of benzene rings is 2. The number of phenols is 2. The Bertz CT molecular complexity index is 475. The first-order valence-electron chi connectivity index (χ1n) is 5.54. The van der Waals surface area contributed by atoms with E-state index in [1.165, 1.54) is 11.6 Å². The van der Waals surface area contributed by atoms with E-state index >= 15 is 0 Å². The number of rotatable bonds is 1. The maximum Gasteiger partial charge on any atom is 0.154 e. The molecule has 0 unspecified atom stereocenters. The summed E-state index contributed by atoms with van der Waals surface area (Å²) in [7, 11) is 0. The lowest BCUT2D eigenvalue weighted by molar-refractivity contribution is 0.112. The number of aldehydes is 1. The molecule has 3 nitrogen and oxygen atoms in total. The van der Waals surface area contributed by atoms with Gasteiger partial charge in [0, 0.05) is 0 Å². The highest BCUT2D eigenvalue weighted by molar-refractivity contribution is 5.81. The van der Waals surface area contributed by atoms with Crippen LogP contribution in [0.4, 0.5) is 0 Å². The van der Waals surface area contributed by atoms with Gasteiger partial charge >= 0.3 is 0 Å². The molecule has 0 aromatic heterocycles. The summed E-state index contributed by atoms with van der Waals surface area (Å²) in [5.41, 5.74) is 2.35. The van der Waals surface area contributed by atoms with Crippen molar-refractivity contribution in [3.05, 3.63) is 59.2 Å². The molecule has 0 radical (unpaired) electrons. The summed E-state index contributed by atoms with van der Waals surface area (Å²) in [6.07, 6.45) is 0.657. The normalized spacial score (nSPS) is 9.22. The second-order valence-corrected chi connectivity index (χ2v) is 3.96. The average molecular weight is 244 g/mol. The summed E-state index contributed by atoms with van der Waals surface area (Å²) in [5, 5.41) is 17.8. The average Bonchev–Trinajstić information content (AvgIpc) is 2.34. The number of aryl methyl sites for hydroxylation is 2. The largest absolute Gasteiger partial charge is 0.508 e. The van der Waals surface area contributed by atoms with E-state index in [1.807, 2.05) is 19.1 Å². The van der Waals surface area contributed by atoms with E-state index in [0.29, 0.717) is 17.6 Å². The molecule has 0 amide bonds. The summed E-state index contributed by atoms with van der Waals surface area (Å²) in [6.45, 7) is 3.77. The van der Waals surface area contributed by atoms with Gasteiger partial charge in [0.1, 0.15) is 11.5 Å². The molecule has 18 heavy (non-hydrogen) atoms. The van der Waals surface area contributed by atoms with E-state index < -0.39 is 0 Å². The maximum absolute atomic E-state index is 10.3. The molecule has 3 heteroatoms. The van der Waals surface area contributed by atoms with Crippen LogP contribution in [0.1, 0.15) is 21.5 Å². The van der Waals surface area contributed by atoms with Crippen molar-refractivity contribution in [1.29, 1.82) is 0 Å². The van der Waals surface area contributed by atoms with E-state index in [1.54, 1.807) is 31.2 Å². The third-order valence-corrected chi connectivity index (χ3v) is 2.45. The summed E-state index contributed by atoms with van der Waals surface area (Å²) in [4.78, 5) is 10.3. The SMILES string of the molecule is Cc1ccc(O)cc1.Cc1cccc(O)c1C=O. The lowest BCUT2D eigenvalue weighted by atomic mass is 10.1. The van der Waals surface area contributed by atoms with Gasteiger partial charge in [0.25, 0.3) is 0 Å². The predicted octanol–water partition coefficient (Wildman–Crippen LogP) is 3.21. The first-order valence-corrected chi connectivity index (χ1v) is 5.54. The maximum atomic E-state index is 10.3. The number of hydrogen-bond acceptors (Lipinski definition) is 3. The molecule has 0 spiro atoms. The van der Waals surface area contributed by atoms with Gasteiger partial charge in [0.05, 0.1) is 5.56 Å². The zero-order valence-electron chi connectivity index (χ0n) is 10.4. The van der Waals surface area contributed by atoms with Gasteiger partial charge in [-0.2, -0.15) is 0 Å². The Morgan fingerprint density at radius 1 is 0.944 bits per heavy atom. The molecule has 2 aromatic carbocycles. The van der Waals surface area contributed by atoms with Crippen molar-refractivity contribution in [2.24, 2.45) is 0 Å². The van der Waals surface area contributed by atoms with E-state index in [2.05, 4.69) is 0 Å². The topological polar surface area (TPSA) is 57.5 Å². The molecule has 0 saturated heterocycles. The minimum absolute atomic E-state index is 0.0509. The number of aromatic hydroxyl groups is 2. The van der Waals surface area contributed by atoms with Crippen LogP contribution < -0.4 is 0 Å². The highest BCUT2D eigenvalue weighted by Crippen LogP contribution is 2.17.